The molecule has 0 bridgehead atoms. The minimum absolute atomic E-state index is 0.0145. The fourth-order valence-electron chi connectivity index (χ4n) is 2.80. The number of nitro groups is 1. The van der Waals surface area contributed by atoms with Gasteiger partial charge in [0.15, 0.2) is 6.61 Å². The molecule has 0 spiro atoms. The van der Waals surface area contributed by atoms with Gasteiger partial charge in [0, 0.05) is 36.5 Å². The molecular formula is C19H19N3O5. The number of amides is 2. The number of nitrogens with one attached hydrogen (secondary N) is 1. The summed E-state index contributed by atoms with van der Waals surface area (Å²) < 4.78 is 5.49. The first-order chi connectivity index (χ1) is 13.0. The summed E-state index contributed by atoms with van der Waals surface area (Å²) in [6.45, 7) is 1.55. The lowest BCUT2D eigenvalue weighted by Gasteiger charge is -2.15. The summed E-state index contributed by atoms with van der Waals surface area (Å²) in [4.78, 5) is 36.2. The molecule has 8 nitrogen and oxygen atoms in total. The van der Waals surface area contributed by atoms with E-state index >= 15 is 0 Å². The molecule has 1 N–H and O–H groups in total. The number of hydrogen-bond donors (Lipinski definition) is 1. The lowest BCUT2D eigenvalue weighted by atomic mass is 10.2. The standard InChI is InChI=1S/C19H19N3O5/c23-18(21-10-1-2-11-21)13-27-17-8-6-15(7-9-17)20-19(24)14-4-3-5-16(12-14)22(25)26/h3-9,12H,1-2,10-11,13H2,(H,20,24). The van der Waals surface area contributed by atoms with E-state index in [9.17, 15) is 19.7 Å². The van der Waals surface area contributed by atoms with Crippen molar-refractivity contribution >= 4 is 23.2 Å². The zero-order valence-corrected chi connectivity index (χ0v) is 14.6. The number of likely N-dealkylation sites (tertiary alicyclic amines) is 1. The Morgan fingerprint density at radius 1 is 1.11 bits per heavy atom. The lowest BCUT2D eigenvalue weighted by molar-refractivity contribution is -0.384. The van der Waals surface area contributed by atoms with E-state index < -0.39 is 10.8 Å². The Balaban J connectivity index is 1.55. The molecular weight excluding hydrogens is 350 g/mol. The Morgan fingerprint density at radius 2 is 1.81 bits per heavy atom. The molecule has 0 saturated carbocycles. The van der Waals surface area contributed by atoms with Crippen LogP contribution in [0, 0.1) is 10.1 Å². The first-order valence-corrected chi connectivity index (χ1v) is 8.59. The number of ether oxygens (including phenoxy) is 1. The Labute approximate surface area is 155 Å². The minimum atomic E-state index is -0.549. The number of rotatable bonds is 6. The summed E-state index contributed by atoms with van der Waals surface area (Å²) in [5.41, 5.74) is 0.569. The second-order valence-corrected chi connectivity index (χ2v) is 6.16. The molecule has 1 fully saturated rings. The molecule has 0 aliphatic carbocycles. The molecule has 1 heterocycles. The van der Waals surface area contributed by atoms with Crippen molar-refractivity contribution in [3.8, 4) is 5.75 Å². The van der Waals surface area contributed by atoms with E-state index in [4.69, 9.17) is 4.74 Å². The van der Waals surface area contributed by atoms with Gasteiger partial charge in [-0.1, -0.05) is 6.07 Å². The third kappa shape index (κ3) is 4.81. The third-order valence-electron chi connectivity index (χ3n) is 4.25. The van der Waals surface area contributed by atoms with E-state index in [0.717, 1.165) is 25.9 Å². The monoisotopic (exact) mass is 369 g/mol. The maximum absolute atomic E-state index is 12.2. The van der Waals surface area contributed by atoms with Crippen molar-refractivity contribution in [3.63, 3.8) is 0 Å². The van der Waals surface area contributed by atoms with Crippen molar-refractivity contribution in [3.05, 3.63) is 64.2 Å². The van der Waals surface area contributed by atoms with Crippen LogP contribution < -0.4 is 10.1 Å². The SMILES string of the molecule is O=C(Nc1ccc(OCC(=O)N2CCCC2)cc1)c1cccc([N+](=O)[O-])c1. The van der Waals surface area contributed by atoms with Crippen LogP contribution in [0.15, 0.2) is 48.5 Å². The molecule has 8 heteroatoms. The van der Waals surface area contributed by atoms with Gasteiger partial charge in [0.25, 0.3) is 17.5 Å². The highest BCUT2D eigenvalue weighted by molar-refractivity contribution is 6.04. The van der Waals surface area contributed by atoms with Crippen LogP contribution in [0.2, 0.25) is 0 Å². The number of hydrogen-bond acceptors (Lipinski definition) is 5. The molecule has 2 amide bonds. The molecule has 1 saturated heterocycles. The van der Waals surface area contributed by atoms with Crippen LogP contribution in [-0.2, 0) is 4.79 Å². The number of carbonyl (C=O) groups is 2. The van der Waals surface area contributed by atoms with Gasteiger partial charge in [-0.15, -0.1) is 0 Å². The quantitative estimate of drug-likeness (QED) is 0.623. The zero-order valence-electron chi connectivity index (χ0n) is 14.6. The average Bonchev–Trinajstić information content (AvgIpc) is 3.22. The molecule has 140 valence electrons. The van der Waals surface area contributed by atoms with Gasteiger partial charge in [0.2, 0.25) is 0 Å². The van der Waals surface area contributed by atoms with E-state index in [0.29, 0.717) is 11.4 Å². The molecule has 27 heavy (non-hydrogen) atoms. The van der Waals surface area contributed by atoms with Crippen LogP contribution >= 0.6 is 0 Å². The Kier molecular flexibility index (Phi) is 5.65. The molecule has 0 radical (unpaired) electrons. The van der Waals surface area contributed by atoms with Crippen LogP contribution in [0.3, 0.4) is 0 Å². The third-order valence-corrected chi connectivity index (χ3v) is 4.25. The number of non-ortho nitro benzene ring substituents is 1. The first-order valence-electron chi connectivity index (χ1n) is 8.59. The number of benzene rings is 2. The summed E-state index contributed by atoms with van der Waals surface area (Å²) in [7, 11) is 0. The van der Waals surface area contributed by atoms with E-state index in [1.165, 1.54) is 24.3 Å². The van der Waals surface area contributed by atoms with Gasteiger partial charge < -0.3 is 15.0 Å². The van der Waals surface area contributed by atoms with Gasteiger partial charge in [-0.25, -0.2) is 0 Å². The normalized spacial score (nSPS) is 13.3. The fourth-order valence-corrected chi connectivity index (χ4v) is 2.80. The van der Waals surface area contributed by atoms with Crippen LogP contribution in [0.5, 0.6) is 5.75 Å². The average molecular weight is 369 g/mol. The van der Waals surface area contributed by atoms with Crippen LogP contribution in [0.25, 0.3) is 0 Å². The highest BCUT2D eigenvalue weighted by Gasteiger charge is 2.18. The van der Waals surface area contributed by atoms with Gasteiger partial charge in [-0.2, -0.15) is 0 Å². The van der Waals surface area contributed by atoms with Crippen molar-refractivity contribution in [2.24, 2.45) is 0 Å². The van der Waals surface area contributed by atoms with Gasteiger partial charge in [0.05, 0.1) is 4.92 Å². The predicted molar refractivity (Wildman–Crippen MR) is 98.8 cm³/mol. The molecule has 2 aromatic rings. The van der Waals surface area contributed by atoms with Crippen molar-refractivity contribution in [2.45, 2.75) is 12.8 Å². The Morgan fingerprint density at radius 3 is 2.48 bits per heavy atom. The smallest absolute Gasteiger partial charge is 0.270 e. The summed E-state index contributed by atoms with van der Waals surface area (Å²) in [5, 5.41) is 13.5. The largest absolute Gasteiger partial charge is 0.484 e. The maximum atomic E-state index is 12.2. The highest BCUT2D eigenvalue weighted by Crippen LogP contribution is 2.18. The molecule has 0 atom stereocenters. The molecule has 3 rings (SSSR count). The summed E-state index contributed by atoms with van der Waals surface area (Å²) in [5.74, 6) is 0.0445. The molecule has 2 aromatic carbocycles. The van der Waals surface area contributed by atoms with Crippen molar-refractivity contribution in [1.29, 1.82) is 0 Å². The predicted octanol–water partition coefficient (Wildman–Crippen LogP) is 2.85. The Hall–Kier alpha value is -3.42. The van der Waals surface area contributed by atoms with E-state index in [1.54, 1.807) is 29.2 Å². The first kappa shape index (κ1) is 18.4. The maximum Gasteiger partial charge on any atom is 0.270 e. The van der Waals surface area contributed by atoms with Crippen LogP contribution in [0.1, 0.15) is 23.2 Å². The Bertz CT molecular complexity index is 845. The van der Waals surface area contributed by atoms with Gasteiger partial charge >= 0.3 is 0 Å². The number of nitrogens with zero attached hydrogens (tertiary/aromatic N) is 2. The molecule has 1 aliphatic rings. The molecule has 0 aromatic heterocycles. The molecule has 0 unspecified atom stereocenters. The van der Waals surface area contributed by atoms with Crippen molar-refractivity contribution in [2.75, 3.05) is 25.0 Å². The van der Waals surface area contributed by atoms with Crippen LogP contribution in [0.4, 0.5) is 11.4 Å². The fraction of sp³-hybridized carbons (Fsp3) is 0.263. The van der Waals surface area contributed by atoms with Gasteiger partial charge in [-0.3, -0.25) is 19.7 Å². The van der Waals surface area contributed by atoms with E-state index in [2.05, 4.69) is 5.32 Å². The second-order valence-electron chi connectivity index (χ2n) is 6.16. The summed E-state index contributed by atoms with van der Waals surface area (Å²) in [6.07, 6.45) is 2.06. The van der Waals surface area contributed by atoms with Crippen molar-refractivity contribution < 1.29 is 19.2 Å². The van der Waals surface area contributed by atoms with Gasteiger partial charge in [-0.05, 0) is 43.2 Å². The second kappa shape index (κ2) is 8.31. The zero-order chi connectivity index (χ0) is 19.2. The number of nitro benzene ring substituents is 1. The van der Waals surface area contributed by atoms with Crippen LogP contribution in [-0.4, -0.2) is 41.3 Å². The molecule has 1 aliphatic heterocycles. The lowest BCUT2D eigenvalue weighted by Crippen LogP contribution is -2.32. The number of carbonyl (C=O) groups excluding carboxylic acids is 2. The summed E-state index contributed by atoms with van der Waals surface area (Å²) >= 11 is 0. The minimum Gasteiger partial charge on any atom is -0.484 e. The van der Waals surface area contributed by atoms with E-state index in [1.807, 2.05) is 0 Å². The highest BCUT2D eigenvalue weighted by atomic mass is 16.6. The number of anilines is 1. The topological polar surface area (TPSA) is 102 Å². The van der Waals surface area contributed by atoms with Gasteiger partial charge in [0.1, 0.15) is 5.75 Å². The van der Waals surface area contributed by atoms with E-state index in [-0.39, 0.29) is 23.8 Å². The summed E-state index contributed by atoms with van der Waals surface area (Å²) in [6, 6.07) is 12.1. The van der Waals surface area contributed by atoms with Crippen molar-refractivity contribution in [1.82, 2.24) is 4.90 Å².